The molecule has 2 aromatic carbocycles. The minimum atomic E-state index is -2.78. The average molecular weight is 411 g/mol. The molecule has 0 amide bonds. The van der Waals surface area contributed by atoms with Gasteiger partial charge in [0.15, 0.2) is 0 Å². The molecule has 0 bridgehead atoms. The molecule has 0 radical (unpaired) electrons. The van der Waals surface area contributed by atoms with Crippen molar-refractivity contribution in [1.82, 2.24) is 0 Å². The van der Waals surface area contributed by atoms with Crippen LogP contribution in [0, 0.1) is 0 Å². The number of alkyl halides is 1. The lowest BCUT2D eigenvalue weighted by atomic mass is 9.87. The number of aliphatic hydroxyl groups is 1. The van der Waals surface area contributed by atoms with E-state index in [2.05, 4.69) is 51.6 Å². The second kappa shape index (κ2) is 8.78. The maximum Gasteiger partial charge on any atom is 0.261 e. The van der Waals surface area contributed by atoms with Gasteiger partial charge in [0.05, 0.1) is 12.7 Å². The maximum atomic E-state index is 14.8. The molecule has 2 aromatic rings. The summed E-state index contributed by atoms with van der Waals surface area (Å²) in [6.45, 7) is 10.6. The van der Waals surface area contributed by atoms with Crippen LogP contribution in [0.2, 0.25) is 5.04 Å². The third-order valence-electron chi connectivity index (χ3n) is 5.82. The molecule has 4 heteroatoms. The molecule has 1 aliphatic rings. The zero-order valence-electron chi connectivity index (χ0n) is 17.6. The smallest absolute Gasteiger partial charge is 0.261 e. The first-order valence-corrected chi connectivity index (χ1v) is 12.1. The molecule has 1 aliphatic carbocycles. The fraction of sp³-hybridized carbons (Fsp3) is 0.360. The van der Waals surface area contributed by atoms with E-state index in [0.29, 0.717) is 18.4 Å². The second-order valence-electron chi connectivity index (χ2n) is 8.77. The normalized spacial score (nSPS) is 22.1. The Morgan fingerprint density at radius 1 is 1.03 bits per heavy atom. The van der Waals surface area contributed by atoms with Crippen LogP contribution in [0.4, 0.5) is 4.39 Å². The van der Waals surface area contributed by atoms with E-state index in [1.807, 2.05) is 36.4 Å². The molecule has 29 heavy (non-hydrogen) atoms. The van der Waals surface area contributed by atoms with Crippen LogP contribution in [0.1, 0.15) is 33.6 Å². The zero-order valence-corrected chi connectivity index (χ0v) is 18.6. The summed E-state index contributed by atoms with van der Waals surface area (Å²) in [4.78, 5) is 0. The lowest BCUT2D eigenvalue weighted by Gasteiger charge is -2.46. The highest BCUT2D eigenvalue weighted by Gasteiger charge is 2.52. The number of hydrogen-bond acceptors (Lipinski definition) is 2. The molecule has 3 rings (SSSR count). The molecule has 1 N–H and O–H groups in total. The SMILES string of the molecule is C=C1[C@@H](F)C/C(=C/CO)C[C@H]1O[Si](c1ccccc1)(c1ccccc1)C(C)(C)C. The Bertz CT molecular complexity index is 816. The first-order chi connectivity index (χ1) is 13.8. The van der Waals surface area contributed by atoms with E-state index in [1.165, 1.54) is 10.4 Å². The summed E-state index contributed by atoms with van der Waals surface area (Å²) in [6.07, 6.45) is 1.01. The van der Waals surface area contributed by atoms with Crippen LogP contribution in [0.25, 0.3) is 0 Å². The van der Waals surface area contributed by atoms with E-state index in [9.17, 15) is 9.50 Å². The van der Waals surface area contributed by atoms with Gasteiger partial charge in [-0.05, 0) is 27.4 Å². The molecular formula is C25H31FO2Si. The Labute approximate surface area is 174 Å². The molecule has 1 fully saturated rings. The minimum Gasteiger partial charge on any atom is -0.400 e. The number of aliphatic hydroxyl groups excluding tert-OH is 1. The van der Waals surface area contributed by atoms with E-state index in [4.69, 9.17) is 4.43 Å². The van der Waals surface area contributed by atoms with Gasteiger partial charge in [-0.15, -0.1) is 0 Å². The van der Waals surface area contributed by atoms with Gasteiger partial charge in [0, 0.05) is 6.42 Å². The van der Waals surface area contributed by atoms with Crippen LogP contribution in [-0.4, -0.2) is 32.3 Å². The molecule has 0 unspecified atom stereocenters. The topological polar surface area (TPSA) is 29.5 Å². The molecule has 154 valence electrons. The molecule has 0 saturated heterocycles. The largest absolute Gasteiger partial charge is 0.400 e. The Morgan fingerprint density at radius 2 is 1.55 bits per heavy atom. The maximum absolute atomic E-state index is 14.8. The van der Waals surface area contributed by atoms with Gasteiger partial charge in [0.1, 0.15) is 6.17 Å². The summed E-state index contributed by atoms with van der Waals surface area (Å²) in [5, 5.41) is 11.5. The van der Waals surface area contributed by atoms with Crippen molar-refractivity contribution >= 4 is 18.7 Å². The molecule has 0 aromatic heterocycles. The molecule has 2 nitrogen and oxygen atoms in total. The predicted octanol–water partition coefficient (Wildman–Crippen LogP) is 4.54. The molecule has 0 heterocycles. The highest BCUT2D eigenvalue weighted by Crippen LogP contribution is 2.41. The fourth-order valence-electron chi connectivity index (χ4n) is 4.33. The number of hydrogen-bond donors (Lipinski definition) is 1. The van der Waals surface area contributed by atoms with Gasteiger partial charge in [-0.1, -0.05) is 99.7 Å². The van der Waals surface area contributed by atoms with Crippen molar-refractivity contribution in [3.05, 3.63) is 84.5 Å². The predicted molar refractivity (Wildman–Crippen MR) is 121 cm³/mol. The third kappa shape index (κ3) is 4.30. The molecule has 0 aliphatic heterocycles. The molecule has 1 saturated carbocycles. The Morgan fingerprint density at radius 3 is 2.00 bits per heavy atom. The van der Waals surface area contributed by atoms with Gasteiger partial charge in [0.2, 0.25) is 0 Å². The summed E-state index contributed by atoms with van der Waals surface area (Å²) in [6, 6.07) is 20.7. The first kappa shape index (κ1) is 21.7. The summed E-state index contributed by atoms with van der Waals surface area (Å²) >= 11 is 0. The van der Waals surface area contributed by atoms with Crippen molar-refractivity contribution in [1.29, 1.82) is 0 Å². The molecule has 0 spiro atoms. The highest BCUT2D eigenvalue weighted by atomic mass is 28.4. The van der Waals surface area contributed by atoms with Gasteiger partial charge >= 0.3 is 0 Å². The summed E-state index contributed by atoms with van der Waals surface area (Å²) in [5.74, 6) is 0. The third-order valence-corrected chi connectivity index (χ3v) is 10.9. The number of benzene rings is 2. The fourth-order valence-corrected chi connectivity index (χ4v) is 9.01. The van der Waals surface area contributed by atoms with Crippen molar-refractivity contribution in [2.24, 2.45) is 0 Å². The summed E-state index contributed by atoms with van der Waals surface area (Å²) in [7, 11) is -2.78. The molecule has 2 atom stereocenters. The Kier molecular flexibility index (Phi) is 6.57. The van der Waals surface area contributed by atoms with E-state index in [1.54, 1.807) is 6.08 Å². The van der Waals surface area contributed by atoms with Crippen molar-refractivity contribution < 1.29 is 13.9 Å². The van der Waals surface area contributed by atoms with Gasteiger partial charge in [-0.3, -0.25) is 0 Å². The molecular weight excluding hydrogens is 379 g/mol. The van der Waals surface area contributed by atoms with Crippen LogP contribution < -0.4 is 10.4 Å². The van der Waals surface area contributed by atoms with Gasteiger partial charge in [-0.25, -0.2) is 4.39 Å². The second-order valence-corrected chi connectivity index (χ2v) is 13.0. The lowest BCUT2D eigenvalue weighted by Crippen LogP contribution is -2.68. The highest BCUT2D eigenvalue weighted by molar-refractivity contribution is 6.99. The lowest BCUT2D eigenvalue weighted by molar-refractivity contribution is 0.177. The Hall–Kier alpha value is -2.01. The van der Waals surface area contributed by atoms with Gasteiger partial charge in [-0.2, -0.15) is 0 Å². The van der Waals surface area contributed by atoms with Crippen molar-refractivity contribution in [2.75, 3.05) is 6.61 Å². The van der Waals surface area contributed by atoms with Crippen LogP contribution in [0.5, 0.6) is 0 Å². The van der Waals surface area contributed by atoms with Crippen molar-refractivity contribution in [3.8, 4) is 0 Å². The average Bonchev–Trinajstić information content (AvgIpc) is 2.70. The van der Waals surface area contributed by atoms with Gasteiger partial charge < -0.3 is 9.53 Å². The monoisotopic (exact) mass is 410 g/mol. The van der Waals surface area contributed by atoms with Crippen LogP contribution in [0.3, 0.4) is 0 Å². The van der Waals surface area contributed by atoms with Crippen LogP contribution in [0.15, 0.2) is 84.5 Å². The quantitative estimate of drug-likeness (QED) is 0.579. The van der Waals surface area contributed by atoms with Gasteiger partial charge in [0.25, 0.3) is 8.32 Å². The zero-order chi connectivity index (χ0) is 21.1. The van der Waals surface area contributed by atoms with E-state index >= 15 is 0 Å². The van der Waals surface area contributed by atoms with Crippen LogP contribution in [-0.2, 0) is 4.43 Å². The summed E-state index contributed by atoms with van der Waals surface area (Å²) in [5.41, 5.74) is 1.41. The number of rotatable bonds is 5. The first-order valence-electron chi connectivity index (χ1n) is 10.2. The van der Waals surface area contributed by atoms with Crippen molar-refractivity contribution in [3.63, 3.8) is 0 Å². The van der Waals surface area contributed by atoms with Crippen LogP contribution >= 0.6 is 0 Å². The van der Waals surface area contributed by atoms with E-state index < -0.39 is 20.6 Å². The minimum absolute atomic E-state index is 0.0829. The standard InChI is InChI=1S/C25H31FO2Si/c1-19-23(26)17-20(15-16-27)18-24(19)28-29(25(2,3)4,21-11-7-5-8-12-21)22-13-9-6-10-14-22/h5-15,23-24,27H,1,16-18H2,2-4H3/b20-15-/t23-,24+/m0/s1. The number of halogens is 1. The summed E-state index contributed by atoms with van der Waals surface area (Å²) < 4.78 is 21.8. The van der Waals surface area contributed by atoms with E-state index in [-0.39, 0.29) is 11.6 Å². The van der Waals surface area contributed by atoms with Crippen molar-refractivity contribution in [2.45, 2.75) is 50.9 Å². The van der Waals surface area contributed by atoms with E-state index in [0.717, 1.165) is 5.57 Å². The Balaban J connectivity index is 2.15.